The van der Waals surface area contributed by atoms with Gasteiger partial charge in [0.25, 0.3) is 0 Å². The summed E-state index contributed by atoms with van der Waals surface area (Å²) in [6, 6.07) is 5.35. The van der Waals surface area contributed by atoms with E-state index in [4.69, 9.17) is 17.0 Å². The number of aromatic nitrogens is 2. The molecule has 0 aliphatic rings. The van der Waals surface area contributed by atoms with E-state index in [9.17, 15) is 4.79 Å². The number of hydrogen-bond donors (Lipinski definition) is 2. The SMILES string of the molecule is CCOC(=O)CCNC(=S)Nc1ccc2nonc2c1. The number of esters is 1. The van der Waals surface area contributed by atoms with Gasteiger partial charge < -0.3 is 15.4 Å². The first-order valence-corrected chi connectivity index (χ1v) is 6.52. The summed E-state index contributed by atoms with van der Waals surface area (Å²) < 4.78 is 9.42. The highest BCUT2D eigenvalue weighted by atomic mass is 32.1. The van der Waals surface area contributed by atoms with Crippen LogP contribution in [-0.4, -0.2) is 34.5 Å². The summed E-state index contributed by atoms with van der Waals surface area (Å²) >= 11 is 5.12. The fraction of sp³-hybridized carbons (Fsp3) is 0.333. The van der Waals surface area contributed by atoms with Crippen LogP contribution in [0.15, 0.2) is 22.8 Å². The van der Waals surface area contributed by atoms with Gasteiger partial charge >= 0.3 is 5.97 Å². The quantitative estimate of drug-likeness (QED) is 0.633. The van der Waals surface area contributed by atoms with Crippen molar-refractivity contribution >= 4 is 40.0 Å². The first kappa shape index (κ1) is 14.2. The van der Waals surface area contributed by atoms with Crippen molar-refractivity contribution in [1.29, 1.82) is 0 Å². The number of fused-ring (bicyclic) bond motifs is 1. The molecule has 20 heavy (non-hydrogen) atoms. The normalized spacial score (nSPS) is 10.2. The Morgan fingerprint density at radius 2 is 2.20 bits per heavy atom. The van der Waals surface area contributed by atoms with Crippen molar-refractivity contribution in [3.05, 3.63) is 18.2 Å². The van der Waals surface area contributed by atoms with Crippen LogP contribution in [0.3, 0.4) is 0 Å². The van der Waals surface area contributed by atoms with E-state index in [-0.39, 0.29) is 12.4 Å². The molecule has 7 nitrogen and oxygen atoms in total. The number of anilines is 1. The number of rotatable bonds is 5. The smallest absolute Gasteiger partial charge is 0.307 e. The van der Waals surface area contributed by atoms with E-state index in [0.717, 1.165) is 5.69 Å². The lowest BCUT2D eigenvalue weighted by Gasteiger charge is -2.09. The lowest BCUT2D eigenvalue weighted by atomic mass is 10.3. The first-order chi connectivity index (χ1) is 9.69. The average molecular weight is 294 g/mol. The molecular formula is C12H14N4O3S. The second-order valence-electron chi connectivity index (χ2n) is 3.90. The van der Waals surface area contributed by atoms with Gasteiger partial charge in [-0.3, -0.25) is 4.79 Å². The van der Waals surface area contributed by atoms with E-state index in [1.165, 1.54) is 0 Å². The summed E-state index contributed by atoms with van der Waals surface area (Å²) in [5.41, 5.74) is 2.09. The molecule has 1 aromatic carbocycles. The van der Waals surface area contributed by atoms with Crippen LogP contribution in [0.25, 0.3) is 11.0 Å². The Morgan fingerprint density at radius 3 is 3.00 bits per heavy atom. The molecule has 0 bridgehead atoms. The van der Waals surface area contributed by atoms with Gasteiger partial charge in [0.05, 0.1) is 13.0 Å². The molecule has 0 aliphatic heterocycles. The molecule has 1 heterocycles. The maximum atomic E-state index is 11.1. The van der Waals surface area contributed by atoms with Crippen molar-refractivity contribution in [3.63, 3.8) is 0 Å². The van der Waals surface area contributed by atoms with Crippen molar-refractivity contribution in [2.75, 3.05) is 18.5 Å². The predicted molar refractivity (Wildman–Crippen MR) is 77.3 cm³/mol. The van der Waals surface area contributed by atoms with Gasteiger partial charge in [0.1, 0.15) is 11.0 Å². The van der Waals surface area contributed by atoms with Crippen LogP contribution < -0.4 is 10.6 Å². The molecule has 8 heteroatoms. The highest BCUT2D eigenvalue weighted by Gasteiger charge is 2.04. The Labute approximate surface area is 120 Å². The Kier molecular flexibility index (Phi) is 4.83. The average Bonchev–Trinajstić information content (AvgIpc) is 2.86. The maximum Gasteiger partial charge on any atom is 0.307 e. The zero-order chi connectivity index (χ0) is 14.4. The Morgan fingerprint density at radius 1 is 1.40 bits per heavy atom. The van der Waals surface area contributed by atoms with E-state index < -0.39 is 0 Å². The first-order valence-electron chi connectivity index (χ1n) is 6.12. The van der Waals surface area contributed by atoms with Crippen LogP contribution in [0.2, 0.25) is 0 Å². The number of hydrogen-bond acceptors (Lipinski definition) is 6. The number of carbonyl (C=O) groups excluding carboxylic acids is 1. The van der Waals surface area contributed by atoms with Crippen LogP contribution in [0, 0.1) is 0 Å². The monoisotopic (exact) mass is 294 g/mol. The minimum absolute atomic E-state index is 0.252. The maximum absolute atomic E-state index is 11.1. The molecule has 2 aromatic rings. The summed E-state index contributed by atoms with van der Waals surface area (Å²) in [7, 11) is 0. The second-order valence-corrected chi connectivity index (χ2v) is 4.31. The molecule has 1 aromatic heterocycles. The fourth-order valence-corrected chi connectivity index (χ4v) is 1.77. The van der Waals surface area contributed by atoms with Gasteiger partial charge in [-0.15, -0.1) is 0 Å². The molecule has 0 fully saturated rings. The Balaban J connectivity index is 1.80. The molecule has 0 saturated carbocycles. The third kappa shape index (κ3) is 3.89. The van der Waals surface area contributed by atoms with E-state index in [1.54, 1.807) is 19.1 Å². The molecule has 0 amide bonds. The Hall–Kier alpha value is -2.22. The molecule has 2 rings (SSSR count). The number of benzene rings is 1. The molecule has 0 saturated heterocycles. The van der Waals surface area contributed by atoms with Crippen molar-refractivity contribution in [1.82, 2.24) is 15.6 Å². The van der Waals surface area contributed by atoms with Gasteiger partial charge in [-0.25, -0.2) is 4.63 Å². The van der Waals surface area contributed by atoms with Crippen LogP contribution in [0.5, 0.6) is 0 Å². The second kappa shape index (κ2) is 6.80. The molecule has 0 spiro atoms. The zero-order valence-electron chi connectivity index (χ0n) is 10.9. The van der Waals surface area contributed by atoms with Crippen LogP contribution in [0.4, 0.5) is 5.69 Å². The Bertz CT molecular complexity index is 614. The number of nitrogens with zero attached hydrogens (tertiary/aromatic N) is 2. The molecule has 0 unspecified atom stereocenters. The third-order valence-electron chi connectivity index (χ3n) is 2.43. The molecular weight excluding hydrogens is 280 g/mol. The molecule has 0 radical (unpaired) electrons. The summed E-state index contributed by atoms with van der Waals surface area (Å²) in [5.74, 6) is -0.252. The summed E-state index contributed by atoms with van der Waals surface area (Å²) in [6.07, 6.45) is 0.266. The van der Waals surface area contributed by atoms with E-state index >= 15 is 0 Å². The minimum Gasteiger partial charge on any atom is -0.466 e. The molecule has 0 aliphatic carbocycles. The van der Waals surface area contributed by atoms with Crippen LogP contribution in [0.1, 0.15) is 13.3 Å². The van der Waals surface area contributed by atoms with Gasteiger partial charge in [0.15, 0.2) is 5.11 Å². The molecule has 106 valence electrons. The van der Waals surface area contributed by atoms with Crippen molar-refractivity contribution in [2.45, 2.75) is 13.3 Å². The van der Waals surface area contributed by atoms with Crippen LogP contribution >= 0.6 is 12.2 Å². The van der Waals surface area contributed by atoms with E-state index in [2.05, 4.69) is 25.6 Å². The van der Waals surface area contributed by atoms with Gasteiger partial charge in [0.2, 0.25) is 0 Å². The fourth-order valence-electron chi connectivity index (χ4n) is 1.55. The minimum atomic E-state index is -0.252. The van der Waals surface area contributed by atoms with Crippen molar-refractivity contribution in [3.8, 4) is 0 Å². The molecule has 2 N–H and O–H groups in total. The van der Waals surface area contributed by atoms with Gasteiger partial charge in [-0.2, -0.15) is 0 Å². The number of ether oxygens (including phenoxy) is 1. The number of thiocarbonyl (C=S) groups is 1. The highest BCUT2D eigenvalue weighted by Crippen LogP contribution is 2.15. The lowest BCUT2D eigenvalue weighted by molar-refractivity contribution is -0.142. The van der Waals surface area contributed by atoms with Gasteiger partial charge in [-0.1, -0.05) is 0 Å². The number of nitrogens with one attached hydrogen (secondary N) is 2. The summed E-state index contributed by atoms with van der Waals surface area (Å²) in [5, 5.41) is 13.8. The number of carbonyl (C=O) groups is 1. The van der Waals surface area contributed by atoms with E-state index in [0.29, 0.717) is 29.3 Å². The summed E-state index contributed by atoms with van der Waals surface area (Å²) in [4.78, 5) is 11.1. The van der Waals surface area contributed by atoms with Crippen LogP contribution in [-0.2, 0) is 9.53 Å². The predicted octanol–water partition coefficient (Wildman–Crippen LogP) is 1.46. The van der Waals surface area contributed by atoms with Crippen molar-refractivity contribution in [2.24, 2.45) is 0 Å². The molecule has 0 atom stereocenters. The third-order valence-corrected chi connectivity index (χ3v) is 2.68. The standard InChI is InChI=1S/C12H14N4O3S/c1-2-18-11(17)5-6-13-12(20)14-8-3-4-9-10(7-8)16-19-15-9/h3-4,7H,2,5-6H2,1H3,(H2,13,14,20). The van der Waals surface area contributed by atoms with Gasteiger partial charge in [0, 0.05) is 12.2 Å². The largest absolute Gasteiger partial charge is 0.466 e. The highest BCUT2D eigenvalue weighted by molar-refractivity contribution is 7.80. The lowest BCUT2D eigenvalue weighted by Crippen LogP contribution is -2.30. The zero-order valence-corrected chi connectivity index (χ0v) is 11.7. The van der Waals surface area contributed by atoms with Gasteiger partial charge in [-0.05, 0) is 47.7 Å². The summed E-state index contributed by atoms with van der Waals surface area (Å²) in [6.45, 7) is 2.57. The topological polar surface area (TPSA) is 89.3 Å². The van der Waals surface area contributed by atoms with Crippen molar-refractivity contribution < 1.29 is 14.2 Å². The van der Waals surface area contributed by atoms with E-state index in [1.807, 2.05) is 6.07 Å².